The fourth-order valence-electron chi connectivity index (χ4n) is 10.3. The average Bonchev–Trinajstić information content (AvgIpc) is 2.13. The van der Waals surface area contributed by atoms with Crippen LogP contribution in [0.2, 0.25) is 0 Å². The highest BCUT2D eigenvalue weighted by Crippen LogP contribution is 2.43. The summed E-state index contributed by atoms with van der Waals surface area (Å²) < 4.78 is 18.5. The average molecular weight is 1210 g/mol. The molecule has 0 atom stereocenters. The van der Waals surface area contributed by atoms with E-state index >= 15 is 0 Å². The summed E-state index contributed by atoms with van der Waals surface area (Å²) in [6.07, 6.45) is 9.60. The SMILES string of the molecule is CCCCCCOc1cc(C#Cc2ccc3c(=C4SC=CS4)c4cc(C#Cc5ccc(C=O)cc5)ccc4c(=C4SC=CS4)c3c2)c(OCCCCCC)cc1C#Cc1ccc2c(=C3SC=CS3)c3ccccc3c(=C3SC=CS3)c2c1. The molecule has 8 aromatic rings. The van der Waals surface area contributed by atoms with Crippen LogP contribution in [0.4, 0.5) is 0 Å². The molecule has 82 heavy (non-hydrogen) atoms. The number of hydrogen-bond donors (Lipinski definition) is 0. The molecule has 0 amide bonds. The van der Waals surface area contributed by atoms with Gasteiger partial charge in [-0.25, -0.2) is 0 Å². The van der Waals surface area contributed by atoms with E-state index in [0.29, 0.717) is 30.3 Å². The monoisotopic (exact) mass is 1210 g/mol. The molecule has 0 bridgehead atoms. The first kappa shape index (κ1) is 56.5. The Kier molecular flexibility index (Phi) is 18.7. The van der Waals surface area contributed by atoms with Crippen molar-refractivity contribution in [2.45, 2.75) is 65.2 Å². The van der Waals surface area contributed by atoms with E-state index in [0.717, 1.165) is 95.4 Å². The number of thioether (sulfide) groups is 8. The highest BCUT2D eigenvalue weighted by Gasteiger charge is 2.19. The van der Waals surface area contributed by atoms with Crippen LogP contribution in [0.25, 0.3) is 60.0 Å². The van der Waals surface area contributed by atoms with Crippen molar-refractivity contribution in [1.29, 1.82) is 0 Å². The number of unbranched alkanes of at least 4 members (excludes halogenated alkanes) is 6. The van der Waals surface area contributed by atoms with Gasteiger partial charge in [-0.1, -0.05) is 237 Å². The van der Waals surface area contributed by atoms with Crippen LogP contribution in [0.3, 0.4) is 0 Å². The first-order chi connectivity index (χ1) is 40.5. The van der Waals surface area contributed by atoms with Crippen LogP contribution < -0.4 is 30.3 Å². The molecular formula is C71H54O3S8. The number of carbonyl (C=O) groups is 1. The zero-order valence-corrected chi connectivity index (χ0v) is 51.8. The molecule has 0 saturated heterocycles. The molecule has 4 heterocycles. The Bertz CT molecular complexity index is 4440. The summed E-state index contributed by atoms with van der Waals surface area (Å²) in [5.41, 5.74) is 5.84. The van der Waals surface area contributed by atoms with Crippen molar-refractivity contribution in [3.8, 4) is 47.0 Å². The lowest BCUT2D eigenvalue weighted by atomic mass is 9.96. The molecule has 4 aliphatic heterocycles. The van der Waals surface area contributed by atoms with Crippen molar-refractivity contribution in [3.05, 3.63) is 218 Å². The molecule has 0 aliphatic carbocycles. The van der Waals surface area contributed by atoms with Gasteiger partial charge in [-0.3, -0.25) is 4.79 Å². The minimum atomic E-state index is 0.583. The maximum atomic E-state index is 11.3. The Morgan fingerprint density at radius 3 is 1.05 bits per heavy atom. The highest BCUT2D eigenvalue weighted by atomic mass is 32.2. The number of aldehydes is 1. The first-order valence-corrected chi connectivity index (χ1v) is 34.6. The third-order valence-corrected chi connectivity index (χ3v) is 22.8. The number of ether oxygens (including phenoxy) is 2. The van der Waals surface area contributed by atoms with Gasteiger partial charge in [0.05, 0.1) is 41.3 Å². The molecule has 12 rings (SSSR count). The maximum absolute atomic E-state index is 11.3. The Hall–Kier alpha value is -6.01. The fraction of sp³-hybridized carbons (Fsp3) is 0.169. The fourth-order valence-corrected chi connectivity index (χ4v) is 18.0. The lowest BCUT2D eigenvalue weighted by Gasteiger charge is -2.14. The second-order valence-corrected chi connectivity index (χ2v) is 28.0. The molecule has 3 nitrogen and oxygen atoms in total. The third kappa shape index (κ3) is 12.6. The van der Waals surface area contributed by atoms with Gasteiger partial charge in [0.2, 0.25) is 0 Å². The molecule has 11 heteroatoms. The van der Waals surface area contributed by atoms with Crippen molar-refractivity contribution in [1.82, 2.24) is 0 Å². The van der Waals surface area contributed by atoms with E-state index in [1.54, 1.807) is 106 Å². The third-order valence-electron chi connectivity index (χ3n) is 14.3. The molecule has 0 N–H and O–H groups in total. The van der Waals surface area contributed by atoms with E-state index in [1.165, 1.54) is 76.6 Å². The van der Waals surface area contributed by atoms with Crippen molar-refractivity contribution < 1.29 is 14.3 Å². The first-order valence-electron chi connectivity index (χ1n) is 27.5. The van der Waals surface area contributed by atoms with Gasteiger partial charge in [0, 0.05) is 60.8 Å². The smallest absolute Gasteiger partial charge is 0.150 e. The van der Waals surface area contributed by atoms with Crippen LogP contribution in [0.15, 0.2) is 159 Å². The van der Waals surface area contributed by atoms with Crippen LogP contribution in [-0.2, 0) is 0 Å². The van der Waals surface area contributed by atoms with Gasteiger partial charge in [0.1, 0.15) is 17.8 Å². The van der Waals surface area contributed by atoms with Gasteiger partial charge in [-0.2, -0.15) is 0 Å². The number of rotatable bonds is 13. The normalized spacial score (nSPS) is 14.3. The Labute approximate surface area is 513 Å². The van der Waals surface area contributed by atoms with Crippen molar-refractivity contribution in [3.63, 3.8) is 0 Å². The Morgan fingerprint density at radius 2 is 0.683 bits per heavy atom. The van der Waals surface area contributed by atoms with E-state index in [2.05, 4.69) is 184 Å². The number of hydrogen-bond acceptors (Lipinski definition) is 11. The minimum absolute atomic E-state index is 0.583. The van der Waals surface area contributed by atoms with Crippen molar-refractivity contribution >= 4 is 160 Å². The molecular weight excluding hydrogens is 1160 g/mol. The lowest BCUT2D eigenvalue weighted by molar-refractivity contribution is 0.112. The second-order valence-electron chi connectivity index (χ2n) is 19.7. The van der Waals surface area contributed by atoms with E-state index in [4.69, 9.17) is 9.47 Å². The molecule has 0 aromatic heterocycles. The topological polar surface area (TPSA) is 35.5 Å². The van der Waals surface area contributed by atoms with Gasteiger partial charge in [-0.05, 0) is 148 Å². The van der Waals surface area contributed by atoms with Crippen LogP contribution in [0.1, 0.15) is 109 Å². The number of carbonyl (C=O) groups excluding carboxylic acids is 1. The van der Waals surface area contributed by atoms with Gasteiger partial charge >= 0.3 is 0 Å². The molecule has 0 unspecified atom stereocenters. The molecule has 0 spiro atoms. The van der Waals surface area contributed by atoms with E-state index in [1.807, 2.05) is 12.1 Å². The highest BCUT2D eigenvalue weighted by molar-refractivity contribution is 8.36. The summed E-state index contributed by atoms with van der Waals surface area (Å²) in [5.74, 6) is 22.7. The predicted molar refractivity (Wildman–Crippen MR) is 368 cm³/mol. The lowest BCUT2D eigenvalue weighted by Crippen LogP contribution is -2.17. The van der Waals surface area contributed by atoms with Crippen LogP contribution in [0.5, 0.6) is 11.5 Å². The predicted octanol–water partition coefficient (Wildman–Crippen LogP) is 18.3. The molecule has 0 saturated carbocycles. The second kappa shape index (κ2) is 27.1. The summed E-state index contributed by atoms with van der Waals surface area (Å²) in [4.78, 5) is 11.3. The summed E-state index contributed by atoms with van der Waals surface area (Å²) >= 11 is 14.3. The summed E-state index contributed by atoms with van der Waals surface area (Å²) in [6, 6.07) is 40.5. The Morgan fingerprint density at radius 1 is 0.354 bits per heavy atom. The number of benzene rings is 8. The zero-order valence-electron chi connectivity index (χ0n) is 45.2. The maximum Gasteiger partial charge on any atom is 0.150 e. The van der Waals surface area contributed by atoms with E-state index < -0.39 is 0 Å². The summed E-state index contributed by atoms with van der Waals surface area (Å²) in [7, 11) is 0. The van der Waals surface area contributed by atoms with Crippen LogP contribution >= 0.6 is 94.1 Å². The van der Waals surface area contributed by atoms with E-state index in [-0.39, 0.29) is 0 Å². The Balaban J connectivity index is 0.981. The van der Waals surface area contributed by atoms with E-state index in [9.17, 15) is 4.79 Å². The van der Waals surface area contributed by atoms with Crippen LogP contribution in [0, 0.1) is 35.5 Å². The van der Waals surface area contributed by atoms with Gasteiger partial charge in [0.15, 0.2) is 0 Å². The van der Waals surface area contributed by atoms with Gasteiger partial charge in [-0.15, -0.1) is 0 Å². The van der Waals surface area contributed by atoms with Crippen molar-refractivity contribution in [2.75, 3.05) is 13.2 Å². The quantitative estimate of drug-likeness (QED) is 0.0479. The number of fused-ring (bicyclic) bond motifs is 4. The molecule has 0 radical (unpaired) electrons. The van der Waals surface area contributed by atoms with Gasteiger partial charge < -0.3 is 9.47 Å². The largest absolute Gasteiger partial charge is 0.492 e. The molecule has 8 aromatic carbocycles. The van der Waals surface area contributed by atoms with Crippen molar-refractivity contribution in [2.24, 2.45) is 0 Å². The summed E-state index contributed by atoms with van der Waals surface area (Å²) in [6.45, 7) is 5.64. The molecule has 404 valence electrons. The minimum Gasteiger partial charge on any atom is -0.492 e. The molecule has 0 fully saturated rings. The standard InChI is InChI=1S/C71H54O3S8/c1-3-5-7-11-31-73-62-45-53(27-22-50-25-30-58-61(43-50)67(71-81-39-40-82-71)57-29-23-48(18-15-47-16-19-51(46-72)20-17-47)41-60(57)66(58)70-79-37-38-80-70)63(74-32-12-8-6-4-2)44-52(62)26-21-49-24-28-56-59(42-49)65(69-77-35-36-78-69)55-14-10-9-13-54(55)64(56)68-75-33-34-76-68/h9-10,13-14,16-17,19-20,23-25,28-30,33-46H,3-8,11-12,31-32H2,1-2H3. The summed E-state index contributed by atoms with van der Waals surface area (Å²) in [5, 5.41) is 32.0. The molecule has 4 aliphatic rings. The van der Waals surface area contributed by atoms with Gasteiger partial charge in [0.25, 0.3) is 0 Å². The zero-order chi connectivity index (χ0) is 55.6. The van der Waals surface area contributed by atoms with Crippen LogP contribution in [-0.4, -0.2) is 19.5 Å².